The van der Waals surface area contributed by atoms with Gasteiger partial charge in [0.1, 0.15) is 5.75 Å². The predicted molar refractivity (Wildman–Crippen MR) is 82.9 cm³/mol. The molecule has 0 aliphatic carbocycles. The van der Waals surface area contributed by atoms with Gasteiger partial charge in [0, 0.05) is 12.8 Å². The smallest absolute Gasteiger partial charge is 0.122 e. The van der Waals surface area contributed by atoms with Crippen LogP contribution in [0.3, 0.4) is 0 Å². The highest BCUT2D eigenvalue weighted by molar-refractivity contribution is 6.42. The maximum atomic E-state index is 10.2. The zero-order valence-corrected chi connectivity index (χ0v) is 12.7. The van der Waals surface area contributed by atoms with Crippen molar-refractivity contribution in [3.8, 4) is 5.75 Å². The average molecular weight is 311 g/mol. The molecule has 2 rings (SSSR count). The highest BCUT2D eigenvalue weighted by Gasteiger charge is 2.13. The quantitative estimate of drug-likeness (QED) is 0.899. The van der Waals surface area contributed by atoms with Crippen molar-refractivity contribution in [1.82, 2.24) is 0 Å². The van der Waals surface area contributed by atoms with E-state index in [0.29, 0.717) is 22.9 Å². The van der Waals surface area contributed by atoms with Gasteiger partial charge in [0.15, 0.2) is 0 Å². The van der Waals surface area contributed by atoms with Crippen molar-refractivity contribution in [3.63, 3.8) is 0 Å². The largest absolute Gasteiger partial charge is 0.496 e. The summed E-state index contributed by atoms with van der Waals surface area (Å²) in [6.45, 7) is 0. The first-order valence-corrected chi connectivity index (χ1v) is 7.10. The van der Waals surface area contributed by atoms with Crippen molar-refractivity contribution >= 4 is 23.2 Å². The van der Waals surface area contributed by atoms with Crippen molar-refractivity contribution in [2.45, 2.75) is 18.9 Å². The summed E-state index contributed by atoms with van der Waals surface area (Å²) in [6.07, 6.45) is 0.423. The molecule has 0 fully saturated rings. The topological polar surface area (TPSA) is 29.5 Å². The molecule has 1 N–H and O–H groups in total. The summed E-state index contributed by atoms with van der Waals surface area (Å²) >= 11 is 12.1. The Morgan fingerprint density at radius 3 is 2.40 bits per heavy atom. The second-order valence-electron chi connectivity index (χ2n) is 4.59. The lowest BCUT2D eigenvalue weighted by Crippen LogP contribution is -2.14. The van der Waals surface area contributed by atoms with E-state index in [9.17, 15) is 5.11 Å². The number of methoxy groups -OCH3 is 1. The van der Waals surface area contributed by atoms with Crippen LogP contribution in [0, 0.1) is 0 Å². The molecule has 20 heavy (non-hydrogen) atoms. The van der Waals surface area contributed by atoms with Crippen molar-refractivity contribution in [1.29, 1.82) is 0 Å². The average Bonchev–Trinajstić information content (AvgIpc) is 2.44. The molecule has 2 aromatic rings. The molecule has 2 aromatic carbocycles. The first kappa shape index (κ1) is 15.2. The van der Waals surface area contributed by atoms with Crippen molar-refractivity contribution < 1.29 is 9.84 Å². The summed E-state index contributed by atoms with van der Waals surface area (Å²) in [5.74, 6) is 0.781. The summed E-state index contributed by atoms with van der Waals surface area (Å²) in [6, 6.07) is 13.1. The number of hydrogen-bond donors (Lipinski definition) is 1. The first-order chi connectivity index (χ1) is 9.61. The fourth-order valence-corrected chi connectivity index (χ4v) is 2.55. The molecule has 0 bridgehead atoms. The van der Waals surface area contributed by atoms with Crippen LogP contribution < -0.4 is 4.74 Å². The molecule has 0 aliphatic heterocycles. The van der Waals surface area contributed by atoms with E-state index in [1.165, 1.54) is 0 Å². The van der Waals surface area contributed by atoms with E-state index in [1.54, 1.807) is 13.2 Å². The van der Waals surface area contributed by atoms with Crippen molar-refractivity contribution in [2.75, 3.05) is 7.11 Å². The van der Waals surface area contributed by atoms with Gasteiger partial charge in [-0.2, -0.15) is 0 Å². The Bertz CT molecular complexity index is 584. The van der Waals surface area contributed by atoms with Crippen LogP contribution in [0.5, 0.6) is 5.75 Å². The maximum Gasteiger partial charge on any atom is 0.122 e. The molecular weight excluding hydrogens is 295 g/mol. The van der Waals surface area contributed by atoms with Gasteiger partial charge in [-0.25, -0.2) is 0 Å². The number of aliphatic hydroxyl groups is 1. The third-order valence-electron chi connectivity index (χ3n) is 3.14. The Hall–Kier alpha value is -1.22. The molecule has 2 nitrogen and oxygen atoms in total. The Kier molecular flexibility index (Phi) is 5.30. The third-order valence-corrected chi connectivity index (χ3v) is 3.99. The van der Waals surface area contributed by atoms with Crippen LogP contribution in [-0.4, -0.2) is 18.3 Å². The Morgan fingerprint density at radius 1 is 1.00 bits per heavy atom. The Labute approximate surface area is 128 Å². The van der Waals surface area contributed by atoms with Gasteiger partial charge in [-0.15, -0.1) is 0 Å². The number of aliphatic hydroxyl groups excluding tert-OH is 1. The molecule has 0 saturated carbocycles. The molecule has 0 aromatic heterocycles. The normalized spacial score (nSPS) is 12.2. The summed E-state index contributed by atoms with van der Waals surface area (Å²) in [5.41, 5.74) is 1.82. The molecule has 106 valence electrons. The van der Waals surface area contributed by atoms with Gasteiger partial charge in [-0.1, -0.05) is 53.5 Å². The Morgan fingerprint density at radius 2 is 1.65 bits per heavy atom. The van der Waals surface area contributed by atoms with E-state index >= 15 is 0 Å². The molecular formula is C16H16Cl2O2. The summed E-state index contributed by atoms with van der Waals surface area (Å²) in [5, 5.41) is 11.2. The molecule has 4 heteroatoms. The lowest BCUT2D eigenvalue weighted by Gasteiger charge is -2.14. The molecule has 0 radical (unpaired) electrons. The number of benzene rings is 2. The number of halogens is 2. The molecule has 0 saturated heterocycles. The lowest BCUT2D eigenvalue weighted by molar-refractivity contribution is 0.174. The zero-order chi connectivity index (χ0) is 14.5. The molecule has 0 aliphatic rings. The van der Waals surface area contributed by atoms with E-state index in [2.05, 4.69) is 0 Å². The van der Waals surface area contributed by atoms with Gasteiger partial charge in [-0.3, -0.25) is 0 Å². The highest BCUT2D eigenvalue weighted by Crippen LogP contribution is 2.27. The summed E-state index contributed by atoms with van der Waals surface area (Å²) in [4.78, 5) is 0. The van der Waals surface area contributed by atoms with Crippen LogP contribution >= 0.6 is 23.2 Å². The van der Waals surface area contributed by atoms with Crippen molar-refractivity contribution in [2.24, 2.45) is 0 Å². The van der Waals surface area contributed by atoms with E-state index in [1.807, 2.05) is 36.4 Å². The molecule has 0 spiro atoms. The second kappa shape index (κ2) is 6.98. The highest BCUT2D eigenvalue weighted by atomic mass is 35.5. The van der Waals surface area contributed by atoms with Crippen LogP contribution in [0.25, 0.3) is 0 Å². The van der Waals surface area contributed by atoms with Crippen LogP contribution in [0.4, 0.5) is 0 Å². The fraction of sp³-hybridized carbons (Fsp3) is 0.250. The molecule has 1 unspecified atom stereocenters. The van der Waals surface area contributed by atoms with Gasteiger partial charge in [0.25, 0.3) is 0 Å². The standard InChI is InChI=1S/C16H16Cl2O2/c1-20-15-8-3-2-5-11(15)9-13(19)10-12-6-4-7-14(17)16(12)18/h2-8,13,19H,9-10H2,1H3. The zero-order valence-electron chi connectivity index (χ0n) is 11.1. The van der Waals surface area contributed by atoms with E-state index in [-0.39, 0.29) is 0 Å². The van der Waals surface area contributed by atoms with E-state index in [4.69, 9.17) is 27.9 Å². The van der Waals surface area contributed by atoms with Gasteiger partial charge < -0.3 is 9.84 Å². The summed E-state index contributed by atoms with van der Waals surface area (Å²) in [7, 11) is 1.62. The minimum atomic E-state index is -0.540. The number of hydrogen-bond acceptors (Lipinski definition) is 2. The van der Waals surface area contributed by atoms with Gasteiger partial charge in [-0.05, 0) is 23.3 Å². The van der Waals surface area contributed by atoms with Gasteiger partial charge in [0.05, 0.1) is 23.3 Å². The SMILES string of the molecule is COc1ccccc1CC(O)Cc1cccc(Cl)c1Cl. The van der Waals surface area contributed by atoms with Crippen LogP contribution in [0.15, 0.2) is 42.5 Å². The predicted octanol–water partition coefficient (Wildman–Crippen LogP) is 4.15. The van der Waals surface area contributed by atoms with Crippen LogP contribution in [0.1, 0.15) is 11.1 Å². The second-order valence-corrected chi connectivity index (χ2v) is 5.37. The van der Waals surface area contributed by atoms with E-state index < -0.39 is 6.10 Å². The molecule has 0 amide bonds. The minimum absolute atomic E-state index is 0.456. The number of ether oxygens (including phenoxy) is 1. The van der Waals surface area contributed by atoms with Crippen molar-refractivity contribution in [3.05, 3.63) is 63.6 Å². The third kappa shape index (κ3) is 3.66. The van der Waals surface area contributed by atoms with Crippen LogP contribution in [-0.2, 0) is 12.8 Å². The Balaban J connectivity index is 2.09. The number of rotatable bonds is 5. The maximum absolute atomic E-state index is 10.2. The van der Waals surface area contributed by atoms with Gasteiger partial charge >= 0.3 is 0 Å². The van der Waals surface area contributed by atoms with Crippen LogP contribution in [0.2, 0.25) is 10.0 Å². The minimum Gasteiger partial charge on any atom is -0.496 e. The monoisotopic (exact) mass is 310 g/mol. The fourth-order valence-electron chi connectivity index (χ4n) is 2.16. The van der Waals surface area contributed by atoms with Gasteiger partial charge in [0.2, 0.25) is 0 Å². The van der Waals surface area contributed by atoms with E-state index in [0.717, 1.165) is 16.9 Å². The number of para-hydroxylation sites is 1. The summed E-state index contributed by atoms with van der Waals surface area (Å²) < 4.78 is 5.28. The molecule has 0 heterocycles. The molecule has 1 atom stereocenters. The first-order valence-electron chi connectivity index (χ1n) is 6.34. The lowest BCUT2D eigenvalue weighted by atomic mass is 10.0.